The van der Waals surface area contributed by atoms with Crippen molar-refractivity contribution in [1.29, 1.82) is 5.26 Å². The van der Waals surface area contributed by atoms with Crippen molar-refractivity contribution < 1.29 is 22.8 Å². The molecule has 0 amide bonds. The van der Waals surface area contributed by atoms with Crippen LogP contribution in [-0.2, 0) is 6.18 Å². The van der Waals surface area contributed by atoms with Crippen molar-refractivity contribution in [3.05, 3.63) is 34.4 Å². The van der Waals surface area contributed by atoms with Crippen LogP contribution in [-0.4, -0.2) is 12.1 Å². The Bertz CT molecular complexity index is 527. The lowest BCUT2D eigenvalue weighted by Crippen LogP contribution is -2.12. The molecule has 6 heteroatoms. The molecule has 1 aromatic carbocycles. The third-order valence-electron chi connectivity index (χ3n) is 2.16. The average molecular weight is 241 g/mol. The van der Waals surface area contributed by atoms with Gasteiger partial charge in [-0.3, -0.25) is 9.59 Å². The number of carbonyl (C=O) groups is 2. The molecule has 0 aliphatic heterocycles. The average Bonchev–Trinajstić information content (AvgIpc) is 2.25. The van der Waals surface area contributed by atoms with Gasteiger partial charge in [0.2, 0.25) is 0 Å². The van der Waals surface area contributed by atoms with E-state index in [1.54, 1.807) is 0 Å². The molecule has 0 spiro atoms. The monoisotopic (exact) mass is 241 g/mol. The van der Waals surface area contributed by atoms with Gasteiger partial charge in [0.25, 0.3) is 0 Å². The lowest BCUT2D eigenvalue weighted by molar-refractivity contribution is -0.137. The first-order chi connectivity index (χ1) is 7.82. The van der Waals surface area contributed by atoms with E-state index in [-0.39, 0.29) is 11.8 Å². The van der Waals surface area contributed by atoms with Crippen LogP contribution in [0.2, 0.25) is 0 Å². The van der Waals surface area contributed by atoms with E-state index in [1.165, 1.54) is 6.07 Å². The van der Waals surface area contributed by atoms with Crippen LogP contribution in [0.4, 0.5) is 13.2 Å². The summed E-state index contributed by atoms with van der Waals surface area (Å²) in [5.74, 6) is -0.571. The first-order valence-electron chi connectivity index (χ1n) is 4.43. The van der Waals surface area contributed by atoms with Crippen molar-refractivity contribution in [1.82, 2.24) is 0 Å². The molecule has 0 bridgehead atoms. The normalized spacial score (nSPS) is 10.8. The molecule has 0 heterocycles. The second-order valence-electron chi connectivity index (χ2n) is 3.23. The van der Waals surface area contributed by atoms with Crippen molar-refractivity contribution >= 4 is 12.1 Å². The number of ketones is 1. The minimum Gasteiger partial charge on any atom is -0.298 e. The van der Waals surface area contributed by atoms with Crippen molar-refractivity contribution in [3.63, 3.8) is 0 Å². The smallest absolute Gasteiger partial charge is 0.298 e. The van der Waals surface area contributed by atoms with E-state index < -0.39 is 28.6 Å². The van der Waals surface area contributed by atoms with E-state index in [0.29, 0.717) is 6.07 Å². The van der Waals surface area contributed by atoms with Crippen molar-refractivity contribution in [2.24, 2.45) is 0 Å². The van der Waals surface area contributed by atoms with Gasteiger partial charge in [-0.15, -0.1) is 0 Å². The predicted molar refractivity (Wildman–Crippen MR) is 51.6 cm³/mol. The maximum atomic E-state index is 12.5. The molecule has 0 unspecified atom stereocenters. The Kier molecular flexibility index (Phi) is 3.32. The number of halogens is 3. The standard InChI is InChI=1S/C11H6F3NO2/c1-6(17)7-2-3-10(11(12,13)14)9(5-16)8(7)4-15/h2-3,5H,1H3. The summed E-state index contributed by atoms with van der Waals surface area (Å²) in [6.45, 7) is 1.11. The van der Waals surface area contributed by atoms with Gasteiger partial charge in [-0.1, -0.05) is 0 Å². The van der Waals surface area contributed by atoms with Gasteiger partial charge in [-0.25, -0.2) is 0 Å². The molecule has 3 nitrogen and oxygen atoms in total. The van der Waals surface area contributed by atoms with E-state index in [2.05, 4.69) is 0 Å². The number of alkyl halides is 3. The molecule has 0 saturated carbocycles. The number of hydrogen-bond donors (Lipinski definition) is 0. The van der Waals surface area contributed by atoms with Gasteiger partial charge in [-0.2, -0.15) is 18.4 Å². The van der Waals surface area contributed by atoms with E-state index in [4.69, 9.17) is 5.26 Å². The number of nitrogens with zero attached hydrogens (tertiary/aromatic N) is 1. The van der Waals surface area contributed by atoms with Gasteiger partial charge in [0.1, 0.15) is 6.07 Å². The molecule has 0 radical (unpaired) electrons. The van der Waals surface area contributed by atoms with Gasteiger partial charge in [0, 0.05) is 11.1 Å². The van der Waals surface area contributed by atoms with E-state index in [1.807, 2.05) is 0 Å². The van der Waals surface area contributed by atoms with Crippen LogP contribution in [0.3, 0.4) is 0 Å². The Morgan fingerprint density at radius 2 is 2.00 bits per heavy atom. The maximum absolute atomic E-state index is 12.5. The summed E-state index contributed by atoms with van der Waals surface area (Å²) in [4.78, 5) is 21.8. The van der Waals surface area contributed by atoms with E-state index in [9.17, 15) is 22.8 Å². The predicted octanol–water partition coefficient (Wildman–Crippen LogP) is 2.59. The zero-order valence-corrected chi connectivity index (χ0v) is 8.63. The highest BCUT2D eigenvalue weighted by molar-refractivity contribution is 5.99. The van der Waals surface area contributed by atoms with Crippen LogP contribution in [0.5, 0.6) is 0 Å². The number of aldehydes is 1. The summed E-state index contributed by atoms with van der Waals surface area (Å²) in [6.07, 6.45) is -4.80. The van der Waals surface area contributed by atoms with Gasteiger partial charge in [-0.05, 0) is 19.1 Å². The van der Waals surface area contributed by atoms with E-state index in [0.717, 1.165) is 13.0 Å². The van der Waals surface area contributed by atoms with Gasteiger partial charge < -0.3 is 0 Å². The van der Waals surface area contributed by atoms with Crippen LogP contribution >= 0.6 is 0 Å². The van der Waals surface area contributed by atoms with Crippen LogP contribution in [0.25, 0.3) is 0 Å². The largest absolute Gasteiger partial charge is 0.417 e. The van der Waals surface area contributed by atoms with Crippen molar-refractivity contribution in [2.75, 3.05) is 0 Å². The highest BCUT2D eigenvalue weighted by atomic mass is 19.4. The first kappa shape index (κ1) is 12.9. The van der Waals surface area contributed by atoms with Crippen LogP contribution < -0.4 is 0 Å². The minimum absolute atomic E-state index is 0.0617. The summed E-state index contributed by atoms with van der Waals surface area (Å²) in [5.41, 5.74) is -2.74. The minimum atomic E-state index is -4.74. The number of nitriles is 1. The summed E-state index contributed by atoms with van der Waals surface area (Å²) in [7, 11) is 0. The molecule has 0 saturated heterocycles. The molecular formula is C11H6F3NO2. The number of hydrogen-bond acceptors (Lipinski definition) is 3. The number of Topliss-reactive ketones (excluding diaryl/α,β-unsaturated/α-hetero) is 1. The Labute approximate surface area is 94.5 Å². The number of benzene rings is 1. The Balaban J connectivity index is 3.68. The fourth-order valence-corrected chi connectivity index (χ4v) is 1.40. The Morgan fingerprint density at radius 1 is 1.41 bits per heavy atom. The Morgan fingerprint density at radius 3 is 2.35 bits per heavy atom. The second-order valence-corrected chi connectivity index (χ2v) is 3.23. The van der Waals surface area contributed by atoms with Gasteiger partial charge >= 0.3 is 6.18 Å². The molecule has 17 heavy (non-hydrogen) atoms. The third kappa shape index (κ3) is 2.33. The molecule has 0 aliphatic rings. The molecule has 0 N–H and O–H groups in total. The third-order valence-corrected chi connectivity index (χ3v) is 2.16. The lowest BCUT2D eigenvalue weighted by Gasteiger charge is -2.11. The van der Waals surface area contributed by atoms with Crippen LogP contribution in [0.15, 0.2) is 12.1 Å². The molecule has 0 atom stereocenters. The summed E-state index contributed by atoms with van der Waals surface area (Å²) in [5, 5.41) is 8.74. The molecular weight excluding hydrogens is 235 g/mol. The van der Waals surface area contributed by atoms with Crippen molar-refractivity contribution in [3.8, 4) is 6.07 Å². The molecule has 0 fully saturated rings. The second kappa shape index (κ2) is 4.37. The highest BCUT2D eigenvalue weighted by Gasteiger charge is 2.35. The molecule has 0 aliphatic carbocycles. The SMILES string of the molecule is CC(=O)c1ccc(C(F)(F)F)c(C=O)c1C#N. The maximum Gasteiger partial charge on any atom is 0.417 e. The van der Waals surface area contributed by atoms with Crippen LogP contribution in [0.1, 0.15) is 38.8 Å². The topological polar surface area (TPSA) is 57.9 Å². The van der Waals surface area contributed by atoms with Crippen molar-refractivity contribution in [2.45, 2.75) is 13.1 Å². The summed E-state index contributed by atoms with van der Waals surface area (Å²) >= 11 is 0. The quantitative estimate of drug-likeness (QED) is 0.590. The lowest BCUT2D eigenvalue weighted by atomic mass is 9.95. The Hall–Kier alpha value is -2.16. The zero-order valence-electron chi connectivity index (χ0n) is 8.63. The fourth-order valence-electron chi connectivity index (χ4n) is 1.40. The van der Waals surface area contributed by atoms with E-state index >= 15 is 0 Å². The fraction of sp³-hybridized carbons (Fsp3) is 0.182. The van der Waals surface area contributed by atoms with Crippen LogP contribution in [0, 0.1) is 11.3 Å². The summed E-state index contributed by atoms with van der Waals surface area (Å²) in [6, 6.07) is 2.98. The molecule has 0 aromatic heterocycles. The number of carbonyl (C=O) groups excluding carboxylic acids is 2. The first-order valence-corrected chi connectivity index (χ1v) is 4.43. The molecule has 1 rings (SSSR count). The van der Waals surface area contributed by atoms with Gasteiger partial charge in [0.15, 0.2) is 12.1 Å². The molecule has 1 aromatic rings. The number of rotatable bonds is 2. The molecule has 88 valence electrons. The summed E-state index contributed by atoms with van der Waals surface area (Å²) < 4.78 is 37.6. The highest BCUT2D eigenvalue weighted by Crippen LogP contribution is 2.33. The zero-order chi connectivity index (χ0) is 13.2. The van der Waals surface area contributed by atoms with Gasteiger partial charge in [0.05, 0.1) is 11.1 Å².